The average molecular weight is 245 g/mol. The van der Waals surface area contributed by atoms with Crippen LogP contribution in [0.15, 0.2) is 18.2 Å². The van der Waals surface area contributed by atoms with E-state index in [-0.39, 0.29) is 11.1 Å². The maximum absolute atomic E-state index is 13.0. The smallest absolute Gasteiger partial charge is 0.141 e. The summed E-state index contributed by atoms with van der Waals surface area (Å²) in [7, 11) is 0. The lowest BCUT2D eigenvalue weighted by Crippen LogP contribution is -2.45. The van der Waals surface area contributed by atoms with Crippen molar-refractivity contribution in [2.45, 2.75) is 6.10 Å². The molecule has 0 amide bonds. The first-order valence-electron chi connectivity index (χ1n) is 5.22. The third-order valence-corrected chi connectivity index (χ3v) is 2.96. The summed E-state index contributed by atoms with van der Waals surface area (Å²) in [6, 6.07) is 4.74. The van der Waals surface area contributed by atoms with Gasteiger partial charge in [-0.3, -0.25) is 0 Å². The molecule has 1 saturated heterocycles. The molecule has 1 aromatic carbocycles. The van der Waals surface area contributed by atoms with Gasteiger partial charge in [0.25, 0.3) is 0 Å². The van der Waals surface area contributed by atoms with Crippen molar-refractivity contribution in [3.8, 4) is 0 Å². The second-order valence-electron chi connectivity index (χ2n) is 3.77. The van der Waals surface area contributed by atoms with Gasteiger partial charge in [-0.05, 0) is 18.2 Å². The van der Waals surface area contributed by atoms with Crippen LogP contribution in [0.4, 0.5) is 10.1 Å². The molecule has 1 heterocycles. The van der Waals surface area contributed by atoms with Crippen LogP contribution in [-0.4, -0.2) is 32.3 Å². The Morgan fingerprint density at radius 2 is 2.38 bits per heavy atom. The first kappa shape index (κ1) is 11.6. The Morgan fingerprint density at radius 3 is 3.06 bits per heavy atom. The molecule has 1 unspecified atom stereocenters. The molecule has 0 radical (unpaired) electrons. The van der Waals surface area contributed by atoms with Gasteiger partial charge in [-0.1, -0.05) is 11.6 Å². The molecule has 16 heavy (non-hydrogen) atoms. The number of hydrogen-bond donors (Lipinski definition) is 1. The van der Waals surface area contributed by atoms with Crippen LogP contribution in [0.2, 0.25) is 5.02 Å². The van der Waals surface area contributed by atoms with Gasteiger partial charge in [0.15, 0.2) is 0 Å². The number of nitrogens with two attached hydrogens (primary N) is 1. The maximum Gasteiger partial charge on any atom is 0.141 e. The van der Waals surface area contributed by atoms with Crippen molar-refractivity contribution in [2.75, 3.05) is 31.1 Å². The Balaban J connectivity index is 2.13. The van der Waals surface area contributed by atoms with Crippen molar-refractivity contribution in [1.82, 2.24) is 0 Å². The molecule has 1 aliphatic heterocycles. The highest BCUT2D eigenvalue weighted by Crippen LogP contribution is 2.23. The van der Waals surface area contributed by atoms with Crippen LogP contribution < -0.4 is 10.6 Å². The molecule has 5 heteroatoms. The van der Waals surface area contributed by atoms with E-state index < -0.39 is 5.82 Å². The van der Waals surface area contributed by atoms with E-state index in [1.165, 1.54) is 6.07 Å². The van der Waals surface area contributed by atoms with Gasteiger partial charge in [-0.2, -0.15) is 0 Å². The molecule has 0 saturated carbocycles. The maximum atomic E-state index is 13.0. The number of anilines is 1. The fourth-order valence-electron chi connectivity index (χ4n) is 1.78. The number of halogens is 2. The van der Waals surface area contributed by atoms with Gasteiger partial charge in [0.1, 0.15) is 5.82 Å². The summed E-state index contributed by atoms with van der Waals surface area (Å²) >= 11 is 5.75. The number of hydrogen-bond acceptors (Lipinski definition) is 3. The fourth-order valence-corrected chi connectivity index (χ4v) is 1.95. The Hall–Kier alpha value is -0.840. The van der Waals surface area contributed by atoms with E-state index in [2.05, 4.69) is 4.90 Å². The molecule has 0 aromatic heterocycles. The third kappa shape index (κ3) is 2.45. The molecule has 2 rings (SSSR count). The largest absolute Gasteiger partial charge is 0.373 e. The molecule has 3 nitrogen and oxygen atoms in total. The van der Waals surface area contributed by atoms with Crippen LogP contribution in [-0.2, 0) is 4.74 Å². The van der Waals surface area contributed by atoms with Crippen LogP contribution in [0, 0.1) is 5.82 Å². The van der Waals surface area contributed by atoms with Crippen LogP contribution in [0.5, 0.6) is 0 Å². The lowest BCUT2D eigenvalue weighted by molar-refractivity contribution is 0.0466. The number of ether oxygens (including phenoxy) is 1. The van der Waals surface area contributed by atoms with Gasteiger partial charge in [0, 0.05) is 25.3 Å². The Morgan fingerprint density at radius 1 is 1.56 bits per heavy atom. The minimum absolute atomic E-state index is 0.0394. The molecule has 2 N–H and O–H groups in total. The summed E-state index contributed by atoms with van der Waals surface area (Å²) in [6.45, 7) is 2.62. The van der Waals surface area contributed by atoms with E-state index in [0.29, 0.717) is 13.2 Å². The zero-order valence-corrected chi connectivity index (χ0v) is 9.58. The topological polar surface area (TPSA) is 38.5 Å². The summed E-state index contributed by atoms with van der Waals surface area (Å²) in [5, 5.41) is 0.147. The lowest BCUT2D eigenvalue weighted by Gasteiger charge is -2.34. The van der Waals surface area contributed by atoms with Gasteiger partial charge >= 0.3 is 0 Å². The van der Waals surface area contributed by atoms with Gasteiger partial charge in [0.05, 0.1) is 17.7 Å². The lowest BCUT2D eigenvalue weighted by atomic mass is 10.2. The Bertz CT molecular complexity index is 375. The van der Waals surface area contributed by atoms with Crippen LogP contribution in [0.1, 0.15) is 0 Å². The van der Waals surface area contributed by atoms with Gasteiger partial charge < -0.3 is 15.4 Å². The summed E-state index contributed by atoms with van der Waals surface area (Å²) in [4.78, 5) is 2.10. The zero-order valence-electron chi connectivity index (χ0n) is 8.83. The summed E-state index contributed by atoms with van der Waals surface area (Å²) in [6.07, 6.45) is 0.0394. The van der Waals surface area contributed by atoms with Crippen molar-refractivity contribution in [2.24, 2.45) is 5.73 Å². The molecular formula is C11H14ClFN2O. The van der Waals surface area contributed by atoms with Gasteiger partial charge in [0.2, 0.25) is 0 Å². The van der Waals surface area contributed by atoms with E-state index in [1.807, 2.05) is 0 Å². The molecule has 88 valence electrons. The quantitative estimate of drug-likeness (QED) is 0.860. The Kier molecular flexibility index (Phi) is 3.63. The second kappa shape index (κ2) is 4.99. The normalized spacial score (nSPS) is 21.2. The molecule has 1 aliphatic rings. The van der Waals surface area contributed by atoms with E-state index in [9.17, 15) is 4.39 Å². The Labute approximate surface area is 98.9 Å². The van der Waals surface area contributed by atoms with E-state index in [4.69, 9.17) is 22.1 Å². The average Bonchev–Trinajstić information content (AvgIpc) is 2.33. The number of nitrogens with zero attached hydrogens (tertiary/aromatic N) is 1. The molecule has 0 aliphatic carbocycles. The molecular weight excluding hydrogens is 231 g/mol. The van der Waals surface area contributed by atoms with Crippen LogP contribution in [0.25, 0.3) is 0 Å². The van der Waals surface area contributed by atoms with Gasteiger partial charge in [-0.15, -0.1) is 0 Å². The standard InChI is InChI=1S/C11H14ClFN2O/c12-10-5-8(1-2-11(10)13)15-3-4-16-9(6-14)7-15/h1-2,5,9H,3-4,6-7,14H2. The van der Waals surface area contributed by atoms with Crippen molar-refractivity contribution >= 4 is 17.3 Å². The van der Waals surface area contributed by atoms with Crippen molar-refractivity contribution in [1.29, 1.82) is 0 Å². The summed E-state index contributed by atoms with van der Waals surface area (Å²) in [5.41, 5.74) is 6.47. The highest BCUT2D eigenvalue weighted by atomic mass is 35.5. The van der Waals surface area contributed by atoms with E-state index in [1.54, 1.807) is 12.1 Å². The summed E-state index contributed by atoms with van der Waals surface area (Å²) < 4.78 is 18.5. The second-order valence-corrected chi connectivity index (χ2v) is 4.18. The predicted octanol–water partition coefficient (Wildman–Crippen LogP) is 1.64. The molecule has 1 fully saturated rings. The minimum atomic E-state index is -0.394. The van der Waals surface area contributed by atoms with E-state index in [0.717, 1.165) is 18.8 Å². The monoisotopic (exact) mass is 244 g/mol. The number of morpholine rings is 1. The van der Waals surface area contributed by atoms with E-state index >= 15 is 0 Å². The van der Waals surface area contributed by atoms with Crippen molar-refractivity contribution in [3.05, 3.63) is 29.0 Å². The minimum Gasteiger partial charge on any atom is -0.373 e. The first-order valence-corrected chi connectivity index (χ1v) is 5.60. The molecule has 1 atom stereocenters. The molecule has 1 aromatic rings. The predicted molar refractivity (Wildman–Crippen MR) is 62.4 cm³/mol. The van der Waals surface area contributed by atoms with Crippen LogP contribution >= 0.6 is 11.6 Å². The molecule has 0 bridgehead atoms. The number of benzene rings is 1. The first-order chi connectivity index (χ1) is 7.70. The highest BCUT2D eigenvalue weighted by molar-refractivity contribution is 6.31. The third-order valence-electron chi connectivity index (χ3n) is 2.67. The highest BCUT2D eigenvalue weighted by Gasteiger charge is 2.19. The van der Waals surface area contributed by atoms with Crippen LogP contribution in [0.3, 0.4) is 0 Å². The summed E-state index contributed by atoms with van der Waals surface area (Å²) in [5.74, 6) is -0.394. The SMILES string of the molecule is NCC1CN(c2ccc(F)c(Cl)c2)CCO1. The van der Waals surface area contributed by atoms with Gasteiger partial charge in [-0.25, -0.2) is 4.39 Å². The molecule has 0 spiro atoms. The van der Waals surface area contributed by atoms with Crippen molar-refractivity contribution < 1.29 is 9.13 Å². The number of rotatable bonds is 2. The van der Waals surface area contributed by atoms with Crippen molar-refractivity contribution in [3.63, 3.8) is 0 Å². The zero-order chi connectivity index (χ0) is 11.5. The fraction of sp³-hybridized carbons (Fsp3) is 0.455.